The number of aryl methyl sites for hydroxylation is 1. The van der Waals surface area contributed by atoms with Gasteiger partial charge in [0.15, 0.2) is 5.13 Å². The van der Waals surface area contributed by atoms with Gasteiger partial charge in [-0.05, 0) is 62.0 Å². The van der Waals surface area contributed by atoms with Crippen molar-refractivity contribution >= 4 is 39.4 Å². The lowest BCUT2D eigenvalue weighted by molar-refractivity contribution is 0.102. The van der Waals surface area contributed by atoms with E-state index in [2.05, 4.69) is 43.5 Å². The van der Waals surface area contributed by atoms with Crippen LogP contribution >= 0.6 is 11.3 Å². The highest BCUT2D eigenvalue weighted by Crippen LogP contribution is 2.29. The van der Waals surface area contributed by atoms with Gasteiger partial charge in [-0.2, -0.15) is 0 Å². The van der Waals surface area contributed by atoms with E-state index in [0.717, 1.165) is 65.2 Å². The molecule has 1 saturated heterocycles. The molecule has 0 saturated carbocycles. The number of piperazine rings is 1. The van der Waals surface area contributed by atoms with E-state index in [1.54, 1.807) is 12.4 Å². The van der Waals surface area contributed by atoms with E-state index in [1.165, 1.54) is 11.3 Å². The number of hydrogen-bond donors (Lipinski definition) is 2. The molecule has 0 bridgehead atoms. The van der Waals surface area contributed by atoms with Gasteiger partial charge in [0.1, 0.15) is 0 Å². The van der Waals surface area contributed by atoms with Crippen molar-refractivity contribution in [3.8, 4) is 11.3 Å². The minimum Gasteiger partial charge on any atom is -0.369 e. The summed E-state index contributed by atoms with van der Waals surface area (Å²) in [7, 11) is 2.14. The predicted octanol–water partition coefficient (Wildman–Crippen LogP) is 5.26. The summed E-state index contributed by atoms with van der Waals surface area (Å²) < 4.78 is 0. The molecule has 1 fully saturated rings. The fourth-order valence-electron chi connectivity index (χ4n) is 4.04. The third kappa shape index (κ3) is 5.50. The summed E-state index contributed by atoms with van der Waals surface area (Å²) >= 11 is 1.53. The molecule has 4 aromatic rings. The first-order valence-corrected chi connectivity index (χ1v) is 12.5. The zero-order chi connectivity index (χ0) is 24.2. The van der Waals surface area contributed by atoms with Crippen molar-refractivity contribution in [2.45, 2.75) is 6.92 Å². The molecule has 5 rings (SSSR count). The molecule has 2 aromatic carbocycles. The number of likely N-dealkylation sites (N-methyl/N-ethyl adjacent to an activating group) is 1. The van der Waals surface area contributed by atoms with Crippen LogP contribution in [0.1, 0.15) is 15.9 Å². The Morgan fingerprint density at radius 3 is 2.69 bits per heavy atom. The van der Waals surface area contributed by atoms with Crippen LogP contribution in [0.3, 0.4) is 0 Å². The molecule has 0 radical (unpaired) electrons. The van der Waals surface area contributed by atoms with E-state index in [4.69, 9.17) is 0 Å². The highest BCUT2D eigenvalue weighted by molar-refractivity contribution is 7.14. The molecule has 1 amide bonds. The summed E-state index contributed by atoms with van der Waals surface area (Å²) in [5.74, 6) is -0.121. The van der Waals surface area contributed by atoms with Gasteiger partial charge < -0.3 is 20.4 Å². The number of anilines is 4. The molecule has 8 heteroatoms. The Balaban J connectivity index is 1.28. The van der Waals surface area contributed by atoms with Gasteiger partial charge in [0.2, 0.25) is 0 Å². The van der Waals surface area contributed by atoms with Crippen LogP contribution in [0.2, 0.25) is 0 Å². The maximum atomic E-state index is 13.0. The van der Waals surface area contributed by atoms with Gasteiger partial charge in [-0.25, -0.2) is 4.98 Å². The average Bonchev–Trinajstić information content (AvgIpc) is 3.36. The molecule has 2 N–H and O–H groups in total. The smallest absolute Gasteiger partial charge is 0.255 e. The Kier molecular flexibility index (Phi) is 6.74. The maximum Gasteiger partial charge on any atom is 0.255 e. The lowest BCUT2D eigenvalue weighted by Crippen LogP contribution is -2.44. The van der Waals surface area contributed by atoms with Gasteiger partial charge in [-0.1, -0.05) is 12.1 Å². The molecule has 0 atom stereocenters. The molecule has 1 aliphatic rings. The number of carbonyl (C=O) groups excluding carboxylic acids is 1. The van der Waals surface area contributed by atoms with Crippen LogP contribution in [0.25, 0.3) is 11.3 Å². The largest absolute Gasteiger partial charge is 0.369 e. The number of pyridine rings is 1. The van der Waals surface area contributed by atoms with Crippen LogP contribution in [-0.2, 0) is 0 Å². The number of nitrogens with one attached hydrogen (secondary N) is 2. The van der Waals surface area contributed by atoms with Crippen molar-refractivity contribution in [2.24, 2.45) is 0 Å². The molecule has 0 unspecified atom stereocenters. The van der Waals surface area contributed by atoms with E-state index in [9.17, 15) is 4.79 Å². The Morgan fingerprint density at radius 1 is 1.03 bits per heavy atom. The lowest BCUT2D eigenvalue weighted by Gasteiger charge is -2.34. The fraction of sp³-hybridized carbons (Fsp3) is 0.222. The standard InChI is InChI=1S/C27H28N6OS/c1-19-8-9-22(16-24(19)30-27-31-25(18-35-27)21-6-4-10-28-17-21)29-26(34)20-5-3-7-23(15-20)33-13-11-32(2)12-14-33/h3-10,15-18H,11-14H2,1-2H3,(H,29,34)(H,30,31). The van der Waals surface area contributed by atoms with E-state index in [-0.39, 0.29) is 5.91 Å². The Labute approximate surface area is 209 Å². The summed E-state index contributed by atoms with van der Waals surface area (Å²) in [5.41, 5.74) is 6.31. The molecular weight excluding hydrogens is 456 g/mol. The van der Waals surface area contributed by atoms with Crippen molar-refractivity contribution in [3.63, 3.8) is 0 Å². The zero-order valence-corrected chi connectivity index (χ0v) is 20.7. The van der Waals surface area contributed by atoms with Gasteiger partial charge in [0.05, 0.1) is 5.69 Å². The van der Waals surface area contributed by atoms with E-state index < -0.39 is 0 Å². The second-order valence-corrected chi connectivity index (χ2v) is 9.59. The Bertz CT molecular complexity index is 1310. The quantitative estimate of drug-likeness (QED) is 0.389. The summed E-state index contributed by atoms with van der Waals surface area (Å²) in [5, 5.41) is 9.24. The second kappa shape index (κ2) is 10.2. The number of benzene rings is 2. The number of hydrogen-bond acceptors (Lipinski definition) is 7. The van der Waals surface area contributed by atoms with Crippen LogP contribution in [0, 0.1) is 6.92 Å². The van der Waals surface area contributed by atoms with Crippen LogP contribution in [-0.4, -0.2) is 54.0 Å². The topological polar surface area (TPSA) is 73.4 Å². The van der Waals surface area contributed by atoms with Crippen molar-refractivity contribution in [1.29, 1.82) is 0 Å². The predicted molar refractivity (Wildman–Crippen MR) is 144 cm³/mol. The van der Waals surface area contributed by atoms with E-state index >= 15 is 0 Å². The minimum atomic E-state index is -0.121. The number of thiazole rings is 1. The normalized spacial score (nSPS) is 14.1. The van der Waals surface area contributed by atoms with Crippen molar-refractivity contribution < 1.29 is 4.79 Å². The molecule has 0 spiro atoms. The van der Waals surface area contributed by atoms with Gasteiger partial charge >= 0.3 is 0 Å². The first-order valence-electron chi connectivity index (χ1n) is 11.6. The fourth-order valence-corrected chi connectivity index (χ4v) is 4.77. The summed E-state index contributed by atoms with van der Waals surface area (Å²) in [6.45, 7) is 6.02. The molecule has 0 aliphatic carbocycles. The minimum absolute atomic E-state index is 0.121. The first-order chi connectivity index (χ1) is 17.0. The van der Waals surface area contributed by atoms with E-state index in [0.29, 0.717) is 5.56 Å². The molecular formula is C27H28N6OS. The number of amides is 1. The van der Waals surface area contributed by atoms with Gasteiger partial charge in [-0.3, -0.25) is 9.78 Å². The molecule has 7 nitrogen and oxygen atoms in total. The van der Waals surface area contributed by atoms with Crippen LogP contribution < -0.4 is 15.5 Å². The molecule has 1 aliphatic heterocycles. The SMILES string of the molecule is Cc1ccc(NC(=O)c2cccc(N3CCN(C)CC3)c2)cc1Nc1nc(-c2cccnc2)cs1. The average molecular weight is 485 g/mol. The van der Waals surface area contributed by atoms with Crippen molar-refractivity contribution in [3.05, 3.63) is 83.5 Å². The number of carbonyl (C=O) groups is 1. The summed E-state index contributed by atoms with van der Waals surface area (Å²) in [6, 6.07) is 17.6. The third-order valence-corrected chi connectivity index (χ3v) is 6.93. The lowest BCUT2D eigenvalue weighted by atomic mass is 10.1. The van der Waals surface area contributed by atoms with Gasteiger partial charge in [0, 0.05) is 72.1 Å². The number of aromatic nitrogens is 2. The molecule has 2 aromatic heterocycles. The van der Waals surface area contributed by atoms with Gasteiger partial charge in [-0.15, -0.1) is 11.3 Å². The number of nitrogens with zero attached hydrogens (tertiary/aromatic N) is 4. The number of rotatable bonds is 6. The van der Waals surface area contributed by atoms with Crippen molar-refractivity contribution in [2.75, 3.05) is 48.8 Å². The second-order valence-electron chi connectivity index (χ2n) is 8.73. The molecule has 3 heterocycles. The van der Waals surface area contributed by atoms with Crippen molar-refractivity contribution in [1.82, 2.24) is 14.9 Å². The third-order valence-electron chi connectivity index (χ3n) is 6.18. The molecule has 178 valence electrons. The highest BCUT2D eigenvalue weighted by atomic mass is 32.1. The summed E-state index contributed by atoms with van der Waals surface area (Å²) in [4.78, 5) is 26.5. The molecule has 35 heavy (non-hydrogen) atoms. The zero-order valence-electron chi connectivity index (χ0n) is 19.9. The van der Waals surface area contributed by atoms with Crippen LogP contribution in [0.5, 0.6) is 0 Å². The Hall–Kier alpha value is -3.75. The van der Waals surface area contributed by atoms with Crippen LogP contribution in [0.15, 0.2) is 72.4 Å². The van der Waals surface area contributed by atoms with Crippen LogP contribution in [0.4, 0.5) is 22.2 Å². The Morgan fingerprint density at radius 2 is 1.89 bits per heavy atom. The van der Waals surface area contributed by atoms with E-state index in [1.807, 2.05) is 60.8 Å². The van der Waals surface area contributed by atoms with Gasteiger partial charge in [0.25, 0.3) is 5.91 Å². The monoisotopic (exact) mass is 484 g/mol. The summed E-state index contributed by atoms with van der Waals surface area (Å²) in [6.07, 6.45) is 3.56. The highest BCUT2D eigenvalue weighted by Gasteiger charge is 2.16. The maximum absolute atomic E-state index is 13.0. The first kappa shape index (κ1) is 23.0.